The standard InChI is InChI=1S/C43H51N7O5Si.Zn/c1-10-30-26(3)34-22-35-28(5)32(12-14-42(51)54-19-18-53-17-16-45-50-44)40(48-35)25-41-33(13-15-43(52)55-20-21-56(7,8)9)29(6)37(49-41)24-39-31(11-2)27(4)36(47-39)23-38(30)46-34;/h10-11,22-25H,1-2,12-21H2,3-9H3;/q-2;+2. The van der Waals surface area contributed by atoms with Gasteiger partial charge in [-0.05, 0) is 69.3 Å². The topological polar surface area (TPSA) is 165 Å². The molecule has 14 heteroatoms. The maximum absolute atomic E-state index is 13.0. The van der Waals surface area contributed by atoms with Crippen LogP contribution in [0.2, 0.25) is 25.7 Å². The Morgan fingerprint density at radius 3 is 1.74 bits per heavy atom. The summed E-state index contributed by atoms with van der Waals surface area (Å²) in [6.45, 7) is 24.2. The van der Waals surface area contributed by atoms with Gasteiger partial charge in [0.2, 0.25) is 0 Å². The molecule has 0 aliphatic carbocycles. The minimum Gasteiger partial charge on any atom is -0.657 e. The number of nitrogens with zero attached hydrogens (tertiary/aromatic N) is 7. The Morgan fingerprint density at radius 2 is 1.23 bits per heavy atom. The fourth-order valence-electron chi connectivity index (χ4n) is 6.68. The van der Waals surface area contributed by atoms with Crippen LogP contribution < -0.4 is 9.97 Å². The van der Waals surface area contributed by atoms with Gasteiger partial charge in [0, 0.05) is 43.5 Å². The molecule has 8 bridgehead atoms. The molecule has 0 saturated carbocycles. The number of hydrogen-bond donors (Lipinski definition) is 0. The molecule has 2 aliphatic rings. The monoisotopic (exact) mass is 837 g/mol. The summed E-state index contributed by atoms with van der Waals surface area (Å²) in [6.07, 6.45) is 4.76. The molecule has 0 amide bonds. The Hall–Kier alpha value is -4.87. The maximum Gasteiger partial charge on any atom is 2.00 e. The summed E-state index contributed by atoms with van der Waals surface area (Å²) in [4.78, 5) is 48.9. The number of azide groups is 1. The quantitative estimate of drug-likeness (QED) is 0.0322. The second-order valence-corrected chi connectivity index (χ2v) is 20.7. The second-order valence-electron chi connectivity index (χ2n) is 15.1. The van der Waals surface area contributed by atoms with E-state index < -0.39 is 8.07 Å². The fourth-order valence-corrected chi connectivity index (χ4v) is 7.40. The van der Waals surface area contributed by atoms with Crippen molar-refractivity contribution in [2.45, 2.75) is 79.1 Å². The molecule has 0 radical (unpaired) electrons. The molecule has 3 aromatic rings. The van der Waals surface area contributed by atoms with E-state index in [4.69, 9.17) is 39.7 Å². The molecule has 0 atom stereocenters. The minimum absolute atomic E-state index is 0. The fraction of sp³-hybridized carbons (Fsp3) is 0.395. The zero-order chi connectivity index (χ0) is 40.6. The predicted molar refractivity (Wildman–Crippen MR) is 225 cm³/mol. The number of fused-ring (bicyclic) bond motifs is 8. The first-order valence-corrected chi connectivity index (χ1v) is 22.7. The van der Waals surface area contributed by atoms with Gasteiger partial charge in [0.25, 0.3) is 0 Å². The molecule has 12 nitrogen and oxygen atoms in total. The molecule has 3 aromatic heterocycles. The van der Waals surface area contributed by atoms with E-state index in [0.717, 1.165) is 84.4 Å². The zero-order valence-corrected chi connectivity index (χ0v) is 38.3. The number of esters is 2. The summed E-state index contributed by atoms with van der Waals surface area (Å²) in [5, 5.41) is 3.43. The summed E-state index contributed by atoms with van der Waals surface area (Å²) in [5.74, 6) is -0.609. The van der Waals surface area contributed by atoms with Crippen molar-refractivity contribution in [3.05, 3.63) is 105 Å². The van der Waals surface area contributed by atoms with Crippen molar-refractivity contribution < 1.29 is 43.3 Å². The smallest absolute Gasteiger partial charge is 0.657 e. The predicted octanol–water partition coefficient (Wildman–Crippen LogP) is 9.04. The summed E-state index contributed by atoms with van der Waals surface area (Å²) in [7, 11) is -1.36. The van der Waals surface area contributed by atoms with Gasteiger partial charge < -0.3 is 24.2 Å². The number of carbonyl (C=O) groups excluding carboxylic acids is 2. The van der Waals surface area contributed by atoms with Crippen LogP contribution in [0.25, 0.3) is 54.8 Å². The Labute approximate surface area is 348 Å². The third-order valence-corrected chi connectivity index (χ3v) is 11.8. The molecule has 57 heavy (non-hydrogen) atoms. The minimum atomic E-state index is -1.36. The molecule has 0 saturated heterocycles. The van der Waals surface area contributed by atoms with Gasteiger partial charge in [0.15, 0.2) is 0 Å². The number of rotatable bonds is 17. The van der Waals surface area contributed by atoms with E-state index in [0.29, 0.717) is 30.5 Å². The van der Waals surface area contributed by atoms with Crippen LogP contribution in [0.4, 0.5) is 0 Å². The summed E-state index contributed by atoms with van der Waals surface area (Å²) >= 11 is 0. The van der Waals surface area contributed by atoms with Crippen molar-refractivity contribution in [1.29, 1.82) is 0 Å². The van der Waals surface area contributed by atoms with Crippen LogP contribution in [0.3, 0.4) is 0 Å². The van der Waals surface area contributed by atoms with Crippen LogP contribution in [0.15, 0.2) is 54.7 Å². The van der Waals surface area contributed by atoms with Crippen molar-refractivity contribution in [3.8, 4) is 0 Å². The van der Waals surface area contributed by atoms with Gasteiger partial charge in [-0.15, -0.1) is 22.1 Å². The van der Waals surface area contributed by atoms with E-state index in [1.807, 2.05) is 64.1 Å². The first-order chi connectivity index (χ1) is 26.7. The largest absolute Gasteiger partial charge is 2.00 e. The van der Waals surface area contributed by atoms with E-state index in [-0.39, 0.29) is 70.6 Å². The SMILES string of the molecule is C=CC1=C(C)c2cc3[n-]c(cc4[n-]c(cc5nc(cc1n2)C(C)=C5C=C)c(C)c4CCC(=O)OCC[Si](C)(C)C)c(CCC(=O)OCCOCCN=[N+]=[N-])c3C.[Zn+2]. The van der Waals surface area contributed by atoms with Crippen molar-refractivity contribution in [2.24, 2.45) is 5.11 Å². The molecule has 5 heterocycles. The van der Waals surface area contributed by atoms with Gasteiger partial charge in [-0.2, -0.15) is 0 Å². The van der Waals surface area contributed by atoms with Crippen molar-refractivity contribution in [3.63, 3.8) is 0 Å². The number of aromatic nitrogens is 4. The molecule has 0 aromatic carbocycles. The molecule has 0 unspecified atom stereocenters. The van der Waals surface area contributed by atoms with E-state index in [9.17, 15) is 9.59 Å². The van der Waals surface area contributed by atoms with Gasteiger partial charge in [0.05, 0.1) is 42.6 Å². The number of ether oxygens (including phenoxy) is 3. The van der Waals surface area contributed by atoms with Crippen LogP contribution in [0.1, 0.15) is 71.7 Å². The van der Waals surface area contributed by atoms with Crippen LogP contribution in [-0.2, 0) is 56.1 Å². The number of allylic oxidation sites excluding steroid dienone is 6. The molecular weight excluding hydrogens is 788 g/mol. The normalized spacial score (nSPS) is 12.5. The Balaban J connectivity index is 0.00000720. The van der Waals surface area contributed by atoms with Crippen molar-refractivity contribution >= 4 is 64.4 Å². The van der Waals surface area contributed by atoms with E-state index in [1.54, 1.807) is 0 Å². The van der Waals surface area contributed by atoms with E-state index >= 15 is 0 Å². The molecular formula is C43H51N7O5SiZn. The van der Waals surface area contributed by atoms with Gasteiger partial charge >= 0.3 is 31.4 Å². The van der Waals surface area contributed by atoms with Crippen LogP contribution in [-0.4, -0.2) is 63.0 Å². The van der Waals surface area contributed by atoms with Crippen molar-refractivity contribution in [2.75, 3.05) is 33.0 Å². The third kappa shape index (κ3) is 11.2. The number of hydrogen-bond acceptors (Lipinski definition) is 8. The number of carbonyl (C=O) groups is 2. The first kappa shape index (κ1) is 44.8. The average Bonchev–Trinajstić information content (AvgIpc) is 3.81. The zero-order valence-electron chi connectivity index (χ0n) is 34.3. The van der Waals surface area contributed by atoms with E-state index in [1.165, 1.54) is 0 Å². The molecule has 294 valence electrons. The average molecular weight is 839 g/mol. The maximum atomic E-state index is 13.0. The Morgan fingerprint density at radius 1 is 0.737 bits per heavy atom. The first-order valence-electron chi connectivity index (χ1n) is 18.9. The van der Waals surface area contributed by atoms with Gasteiger partial charge in [0.1, 0.15) is 6.61 Å². The van der Waals surface area contributed by atoms with Gasteiger partial charge in [-0.25, -0.2) is 9.97 Å². The van der Waals surface area contributed by atoms with Crippen LogP contribution in [0, 0.1) is 13.8 Å². The van der Waals surface area contributed by atoms with Crippen LogP contribution in [0.5, 0.6) is 0 Å². The molecule has 0 N–H and O–H groups in total. The molecule has 0 spiro atoms. The summed E-state index contributed by atoms with van der Waals surface area (Å²) in [6, 6.07) is 8.79. The van der Waals surface area contributed by atoms with E-state index in [2.05, 4.69) is 42.8 Å². The second kappa shape index (κ2) is 20.0. The summed E-state index contributed by atoms with van der Waals surface area (Å²) < 4.78 is 16.5. The third-order valence-electron chi connectivity index (χ3n) is 10.0. The van der Waals surface area contributed by atoms with Crippen molar-refractivity contribution in [1.82, 2.24) is 19.9 Å². The summed E-state index contributed by atoms with van der Waals surface area (Å²) in [5.41, 5.74) is 21.7. The molecule has 5 rings (SSSR count). The van der Waals surface area contributed by atoms with Gasteiger partial charge in [-0.3, -0.25) is 9.59 Å². The molecule has 0 fully saturated rings. The Kier molecular flexibility index (Phi) is 15.7. The van der Waals surface area contributed by atoms with Gasteiger partial charge in [-0.1, -0.05) is 90.5 Å². The Bertz CT molecular complexity index is 2330. The van der Waals surface area contributed by atoms with Crippen LogP contribution >= 0.6 is 0 Å². The molecule has 2 aliphatic heterocycles. The number of aryl methyl sites for hydroxylation is 4.